The Labute approximate surface area is 191 Å². The number of esters is 1. The topological polar surface area (TPSA) is 104 Å². The first-order valence-electron chi connectivity index (χ1n) is 10.2. The van der Waals surface area contributed by atoms with Gasteiger partial charge >= 0.3 is 5.97 Å². The van der Waals surface area contributed by atoms with Crippen molar-refractivity contribution in [3.63, 3.8) is 0 Å². The SMILES string of the molecule is CCOC(=O)CSC1=C(C#N)C(c2ccc(C)o2)C(C(=O)Nc2ccccc2C)=C(C)N1. The van der Waals surface area contributed by atoms with Crippen LogP contribution in [0.15, 0.2) is 62.7 Å². The van der Waals surface area contributed by atoms with Gasteiger partial charge in [0.1, 0.15) is 11.5 Å². The van der Waals surface area contributed by atoms with Crippen molar-refractivity contribution in [3.05, 3.63) is 75.4 Å². The van der Waals surface area contributed by atoms with E-state index >= 15 is 0 Å². The van der Waals surface area contributed by atoms with E-state index in [1.54, 1.807) is 32.9 Å². The van der Waals surface area contributed by atoms with Crippen LogP contribution in [0.1, 0.15) is 36.8 Å². The predicted molar refractivity (Wildman–Crippen MR) is 124 cm³/mol. The van der Waals surface area contributed by atoms with E-state index in [9.17, 15) is 14.9 Å². The number of ether oxygens (including phenoxy) is 1. The Kier molecular flexibility index (Phi) is 7.44. The number of anilines is 1. The lowest BCUT2D eigenvalue weighted by molar-refractivity contribution is -0.139. The van der Waals surface area contributed by atoms with Crippen molar-refractivity contribution in [2.45, 2.75) is 33.6 Å². The van der Waals surface area contributed by atoms with Gasteiger partial charge in [0.05, 0.1) is 40.5 Å². The zero-order chi connectivity index (χ0) is 23.3. The Bertz CT molecular complexity index is 1140. The summed E-state index contributed by atoms with van der Waals surface area (Å²) in [6.45, 7) is 7.51. The number of allylic oxidation sites excluding steroid dienone is 2. The van der Waals surface area contributed by atoms with Crippen LogP contribution >= 0.6 is 11.8 Å². The minimum absolute atomic E-state index is 0.0449. The lowest BCUT2D eigenvalue weighted by atomic mass is 9.85. The number of nitriles is 1. The van der Waals surface area contributed by atoms with Crippen LogP contribution in [0.4, 0.5) is 5.69 Å². The number of dihydropyridines is 1. The molecule has 2 aromatic rings. The number of hydrogen-bond donors (Lipinski definition) is 2. The van der Waals surface area contributed by atoms with Crippen molar-refractivity contribution in [3.8, 4) is 6.07 Å². The zero-order valence-electron chi connectivity index (χ0n) is 18.4. The smallest absolute Gasteiger partial charge is 0.316 e. The summed E-state index contributed by atoms with van der Waals surface area (Å²) in [6, 6.07) is 13.3. The number of thioether (sulfide) groups is 1. The predicted octanol–water partition coefficient (Wildman–Crippen LogP) is 4.53. The molecule has 7 nitrogen and oxygen atoms in total. The van der Waals surface area contributed by atoms with Crippen molar-refractivity contribution in [2.24, 2.45) is 0 Å². The van der Waals surface area contributed by atoms with Crippen molar-refractivity contribution >= 4 is 29.3 Å². The normalized spacial score (nSPS) is 15.8. The van der Waals surface area contributed by atoms with Crippen molar-refractivity contribution < 1.29 is 18.7 Å². The Hall–Kier alpha value is -3.44. The number of amides is 1. The molecule has 1 amide bonds. The van der Waals surface area contributed by atoms with E-state index in [2.05, 4.69) is 16.7 Å². The van der Waals surface area contributed by atoms with Crippen LogP contribution < -0.4 is 10.6 Å². The highest BCUT2D eigenvalue weighted by molar-refractivity contribution is 8.03. The molecular formula is C24H25N3O4S. The average Bonchev–Trinajstić information content (AvgIpc) is 3.19. The quantitative estimate of drug-likeness (QED) is 0.596. The maximum Gasteiger partial charge on any atom is 0.316 e. The molecule has 0 bridgehead atoms. The largest absolute Gasteiger partial charge is 0.465 e. The molecule has 1 aliphatic rings. The molecule has 2 heterocycles. The fraction of sp³-hybridized carbons (Fsp3) is 0.292. The molecule has 0 saturated heterocycles. The van der Waals surface area contributed by atoms with E-state index in [1.807, 2.05) is 31.2 Å². The second-order valence-electron chi connectivity index (χ2n) is 7.26. The summed E-state index contributed by atoms with van der Waals surface area (Å²) in [5, 5.41) is 16.6. The van der Waals surface area contributed by atoms with Crippen LogP contribution in [-0.4, -0.2) is 24.2 Å². The molecule has 8 heteroatoms. The molecule has 166 valence electrons. The highest BCUT2D eigenvalue weighted by Gasteiger charge is 2.37. The standard InChI is InChI=1S/C24H25N3O4S/c1-5-30-20(28)13-32-24-17(12-25)22(19-11-10-15(3)31-19)21(16(4)26-24)23(29)27-18-9-7-6-8-14(18)2/h6-11,22,26H,5,13H2,1-4H3,(H,27,29). The lowest BCUT2D eigenvalue weighted by Gasteiger charge is -2.28. The van der Waals surface area contributed by atoms with Crippen molar-refractivity contribution in [2.75, 3.05) is 17.7 Å². The van der Waals surface area contributed by atoms with Crippen LogP contribution in [0.3, 0.4) is 0 Å². The van der Waals surface area contributed by atoms with Crippen LogP contribution in [0.5, 0.6) is 0 Å². The highest BCUT2D eigenvalue weighted by atomic mass is 32.2. The molecule has 32 heavy (non-hydrogen) atoms. The second-order valence-corrected chi connectivity index (χ2v) is 8.25. The fourth-order valence-electron chi connectivity index (χ4n) is 3.46. The van der Waals surface area contributed by atoms with Gasteiger partial charge in [0.2, 0.25) is 0 Å². The van der Waals surface area contributed by atoms with Crippen LogP contribution in [0.2, 0.25) is 0 Å². The monoisotopic (exact) mass is 451 g/mol. The molecule has 0 aliphatic carbocycles. The Morgan fingerprint density at radius 3 is 2.59 bits per heavy atom. The zero-order valence-corrected chi connectivity index (χ0v) is 19.3. The summed E-state index contributed by atoms with van der Waals surface area (Å²) in [7, 11) is 0. The molecule has 1 aliphatic heterocycles. The molecule has 0 saturated carbocycles. The molecule has 1 atom stereocenters. The number of aryl methyl sites for hydroxylation is 2. The summed E-state index contributed by atoms with van der Waals surface area (Å²) >= 11 is 1.17. The number of nitrogens with zero attached hydrogens (tertiary/aromatic N) is 1. The van der Waals surface area contributed by atoms with Gasteiger partial charge in [-0.25, -0.2) is 0 Å². The van der Waals surface area contributed by atoms with E-state index in [0.29, 0.717) is 39.1 Å². The first kappa shape index (κ1) is 23.2. The van der Waals surface area contributed by atoms with Gasteiger partial charge in [-0.2, -0.15) is 5.26 Å². The molecular weight excluding hydrogens is 426 g/mol. The summed E-state index contributed by atoms with van der Waals surface area (Å²) in [5.74, 6) is -0.200. The minimum atomic E-state index is -0.705. The Morgan fingerprint density at radius 2 is 1.97 bits per heavy atom. The van der Waals surface area contributed by atoms with Gasteiger partial charge < -0.3 is 19.8 Å². The molecule has 1 aromatic heterocycles. The summed E-state index contributed by atoms with van der Waals surface area (Å²) < 4.78 is 10.8. The number of nitrogens with one attached hydrogen (secondary N) is 2. The van der Waals surface area contributed by atoms with Gasteiger partial charge in [0.15, 0.2) is 0 Å². The third-order valence-electron chi connectivity index (χ3n) is 4.97. The minimum Gasteiger partial charge on any atom is -0.465 e. The second kappa shape index (κ2) is 10.2. The molecule has 2 N–H and O–H groups in total. The summed E-state index contributed by atoms with van der Waals surface area (Å²) in [6.07, 6.45) is 0. The highest BCUT2D eigenvalue weighted by Crippen LogP contribution is 2.41. The summed E-state index contributed by atoms with van der Waals surface area (Å²) in [5.41, 5.74) is 2.90. The van der Waals surface area contributed by atoms with E-state index < -0.39 is 5.92 Å². The number of carbonyl (C=O) groups is 2. The number of para-hydroxylation sites is 1. The lowest BCUT2D eigenvalue weighted by Crippen LogP contribution is -2.31. The van der Waals surface area contributed by atoms with Gasteiger partial charge in [0, 0.05) is 11.4 Å². The third kappa shape index (κ3) is 5.06. The number of hydrogen-bond acceptors (Lipinski definition) is 7. The fourth-order valence-corrected chi connectivity index (χ4v) is 4.35. The molecule has 1 unspecified atom stereocenters. The average molecular weight is 452 g/mol. The van der Waals surface area contributed by atoms with Crippen LogP contribution in [0.25, 0.3) is 0 Å². The number of benzene rings is 1. The van der Waals surface area contributed by atoms with Gasteiger partial charge in [0.25, 0.3) is 5.91 Å². The van der Waals surface area contributed by atoms with E-state index in [0.717, 1.165) is 5.56 Å². The first-order chi connectivity index (χ1) is 15.3. The first-order valence-corrected chi connectivity index (χ1v) is 11.2. The number of rotatable bonds is 7. The molecule has 0 fully saturated rings. The van der Waals surface area contributed by atoms with Crippen LogP contribution in [-0.2, 0) is 14.3 Å². The molecule has 0 spiro atoms. The van der Waals surface area contributed by atoms with Crippen LogP contribution in [0, 0.1) is 25.2 Å². The maximum atomic E-state index is 13.4. The van der Waals surface area contributed by atoms with Crippen molar-refractivity contribution in [1.82, 2.24) is 5.32 Å². The van der Waals surface area contributed by atoms with Crippen molar-refractivity contribution in [1.29, 1.82) is 5.26 Å². The molecule has 3 rings (SSSR count). The van der Waals surface area contributed by atoms with Gasteiger partial charge in [-0.1, -0.05) is 30.0 Å². The van der Waals surface area contributed by atoms with Gasteiger partial charge in [-0.05, 0) is 51.5 Å². The van der Waals surface area contributed by atoms with Gasteiger partial charge in [-0.15, -0.1) is 0 Å². The number of furan rings is 1. The Balaban J connectivity index is 2.00. The molecule has 0 radical (unpaired) electrons. The van der Waals surface area contributed by atoms with E-state index in [-0.39, 0.29) is 24.2 Å². The van der Waals surface area contributed by atoms with Gasteiger partial charge in [-0.3, -0.25) is 9.59 Å². The number of carbonyl (C=O) groups excluding carboxylic acids is 2. The Morgan fingerprint density at radius 1 is 1.22 bits per heavy atom. The van der Waals surface area contributed by atoms with E-state index in [1.165, 1.54) is 11.8 Å². The third-order valence-corrected chi connectivity index (χ3v) is 5.96. The van der Waals surface area contributed by atoms with E-state index in [4.69, 9.17) is 9.15 Å². The summed E-state index contributed by atoms with van der Waals surface area (Å²) in [4.78, 5) is 25.2. The maximum absolute atomic E-state index is 13.4. The molecule has 1 aromatic carbocycles.